The number of hydrogen-bond donors (Lipinski definition) is 2. The Morgan fingerprint density at radius 3 is 3.00 bits per heavy atom. The van der Waals surface area contributed by atoms with Gasteiger partial charge in [-0.3, -0.25) is 4.79 Å². The molecule has 1 aliphatic heterocycles. The molecular weight excluding hydrogens is 268 g/mol. The Hall–Kier alpha value is -0.580. The lowest BCUT2D eigenvalue weighted by Gasteiger charge is -2.08. The molecule has 0 saturated carbocycles. The van der Waals surface area contributed by atoms with Gasteiger partial charge in [0.15, 0.2) is 0 Å². The van der Waals surface area contributed by atoms with E-state index in [2.05, 4.69) is 23.6 Å². The molecule has 0 aromatic carbocycles. The average molecular weight is 289 g/mol. The van der Waals surface area contributed by atoms with Crippen LogP contribution in [0.2, 0.25) is 0 Å². The molecule has 5 heteroatoms. The highest BCUT2D eigenvalue weighted by Crippen LogP contribution is 2.15. The topological polar surface area (TPSA) is 41.1 Å². The first kappa shape index (κ1) is 15.5. The van der Waals surface area contributed by atoms with Crippen LogP contribution in [0.1, 0.15) is 22.6 Å². The van der Waals surface area contributed by atoms with E-state index in [0.29, 0.717) is 6.42 Å². The van der Waals surface area contributed by atoms with Crippen LogP contribution < -0.4 is 10.6 Å². The van der Waals surface area contributed by atoms with Crippen LogP contribution in [0.5, 0.6) is 0 Å². The van der Waals surface area contributed by atoms with Crippen LogP contribution >= 0.6 is 23.7 Å². The van der Waals surface area contributed by atoms with Gasteiger partial charge < -0.3 is 10.6 Å². The van der Waals surface area contributed by atoms with E-state index in [1.807, 2.05) is 6.07 Å². The number of carbonyl (C=O) groups excluding carboxylic acids is 1. The number of carbonyl (C=O) groups is 1. The zero-order valence-corrected chi connectivity index (χ0v) is 12.3. The molecule has 0 aliphatic carbocycles. The molecule has 0 radical (unpaired) electrons. The minimum absolute atomic E-state index is 0. The van der Waals surface area contributed by atoms with Crippen LogP contribution in [0.4, 0.5) is 0 Å². The van der Waals surface area contributed by atoms with Crippen molar-refractivity contribution in [3.8, 4) is 0 Å². The summed E-state index contributed by atoms with van der Waals surface area (Å²) in [5.74, 6) is 0.900. The first-order chi connectivity index (χ1) is 8.24. The van der Waals surface area contributed by atoms with Gasteiger partial charge in [0.1, 0.15) is 0 Å². The largest absolute Gasteiger partial charge is 0.356 e. The quantitative estimate of drug-likeness (QED) is 0.872. The zero-order chi connectivity index (χ0) is 12.1. The molecule has 2 N–H and O–H groups in total. The van der Waals surface area contributed by atoms with Crippen molar-refractivity contribution in [1.82, 2.24) is 10.6 Å². The second kappa shape index (κ2) is 7.77. The molecule has 3 nitrogen and oxygen atoms in total. The first-order valence-corrected chi connectivity index (χ1v) is 7.08. The maximum Gasteiger partial charge on any atom is 0.225 e. The fraction of sp³-hybridized carbons (Fsp3) is 0.615. The molecule has 2 heterocycles. The number of halogens is 1. The molecule has 1 unspecified atom stereocenters. The van der Waals surface area contributed by atoms with E-state index >= 15 is 0 Å². The Bertz CT molecular complexity index is 375. The third-order valence-electron chi connectivity index (χ3n) is 3.17. The van der Waals surface area contributed by atoms with E-state index in [1.165, 1.54) is 11.3 Å². The van der Waals surface area contributed by atoms with Gasteiger partial charge in [-0.25, -0.2) is 0 Å². The second-order valence-corrected chi connectivity index (χ2v) is 6.06. The van der Waals surface area contributed by atoms with Gasteiger partial charge in [0.25, 0.3) is 0 Å². The van der Waals surface area contributed by atoms with Crippen LogP contribution in [0, 0.1) is 12.8 Å². The summed E-state index contributed by atoms with van der Waals surface area (Å²) in [4.78, 5) is 14.1. The zero-order valence-electron chi connectivity index (χ0n) is 10.7. The van der Waals surface area contributed by atoms with Crippen molar-refractivity contribution < 1.29 is 4.79 Å². The summed E-state index contributed by atoms with van der Waals surface area (Å²) in [6.07, 6.45) is 2.88. The summed E-state index contributed by atoms with van der Waals surface area (Å²) < 4.78 is 0. The predicted molar refractivity (Wildman–Crippen MR) is 78.6 cm³/mol. The summed E-state index contributed by atoms with van der Waals surface area (Å²) in [5, 5.41) is 6.35. The van der Waals surface area contributed by atoms with Gasteiger partial charge >= 0.3 is 0 Å². The minimum atomic E-state index is 0. The lowest BCUT2D eigenvalue weighted by atomic mass is 10.1. The average Bonchev–Trinajstić information content (AvgIpc) is 2.90. The van der Waals surface area contributed by atoms with Crippen molar-refractivity contribution in [1.29, 1.82) is 0 Å². The normalized spacial score (nSPS) is 18.4. The molecule has 1 aliphatic rings. The lowest BCUT2D eigenvalue weighted by molar-refractivity contribution is -0.120. The third kappa shape index (κ3) is 4.96. The van der Waals surface area contributed by atoms with Crippen molar-refractivity contribution in [2.24, 2.45) is 5.92 Å². The van der Waals surface area contributed by atoms with Crippen molar-refractivity contribution in [3.63, 3.8) is 0 Å². The van der Waals surface area contributed by atoms with Crippen LogP contribution in [0.15, 0.2) is 12.1 Å². The molecule has 1 saturated heterocycles. The fourth-order valence-corrected chi connectivity index (χ4v) is 3.07. The Labute approximate surface area is 119 Å². The van der Waals surface area contributed by atoms with Crippen molar-refractivity contribution in [2.45, 2.75) is 26.2 Å². The van der Waals surface area contributed by atoms with Crippen molar-refractivity contribution in [3.05, 3.63) is 21.9 Å². The number of aryl methyl sites for hydroxylation is 1. The maximum absolute atomic E-state index is 11.7. The van der Waals surface area contributed by atoms with Gasteiger partial charge in [-0.05, 0) is 50.9 Å². The highest BCUT2D eigenvalue weighted by Gasteiger charge is 2.14. The molecule has 18 heavy (non-hydrogen) atoms. The van der Waals surface area contributed by atoms with Gasteiger partial charge in [0.05, 0.1) is 6.42 Å². The Balaban J connectivity index is 0.00000162. The highest BCUT2D eigenvalue weighted by atomic mass is 35.5. The van der Waals surface area contributed by atoms with E-state index in [0.717, 1.165) is 36.9 Å². The molecule has 102 valence electrons. The molecule has 1 aromatic heterocycles. The van der Waals surface area contributed by atoms with Crippen LogP contribution in [-0.2, 0) is 11.2 Å². The van der Waals surface area contributed by atoms with Gasteiger partial charge in [-0.1, -0.05) is 0 Å². The molecule has 0 spiro atoms. The number of rotatable bonds is 5. The lowest BCUT2D eigenvalue weighted by Crippen LogP contribution is -2.27. The SMILES string of the molecule is Cc1ccc(CC(=O)NCCC2CCNC2)s1.Cl. The summed E-state index contributed by atoms with van der Waals surface area (Å²) in [5.41, 5.74) is 0. The summed E-state index contributed by atoms with van der Waals surface area (Å²) in [6, 6.07) is 4.11. The number of thiophene rings is 1. The van der Waals surface area contributed by atoms with E-state index in [1.54, 1.807) is 11.3 Å². The smallest absolute Gasteiger partial charge is 0.225 e. The Morgan fingerprint density at radius 1 is 1.56 bits per heavy atom. The first-order valence-electron chi connectivity index (χ1n) is 6.27. The van der Waals surface area contributed by atoms with Crippen LogP contribution in [0.3, 0.4) is 0 Å². The molecule has 1 amide bonds. The number of nitrogens with one attached hydrogen (secondary N) is 2. The standard InChI is InChI=1S/C13H20N2OS.ClH/c1-10-2-3-12(17-10)8-13(16)15-7-5-11-4-6-14-9-11;/h2-3,11,14H,4-9H2,1H3,(H,15,16);1H. The van der Waals surface area contributed by atoms with Crippen molar-refractivity contribution in [2.75, 3.05) is 19.6 Å². The van der Waals surface area contributed by atoms with E-state index < -0.39 is 0 Å². The van der Waals surface area contributed by atoms with Gasteiger partial charge in [-0.2, -0.15) is 0 Å². The minimum Gasteiger partial charge on any atom is -0.356 e. The van der Waals surface area contributed by atoms with Gasteiger partial charge in [-0.15, -0.1) is 23.7 Å². The Morgan fingerprint density at radius 2 is 2.39 bits per heavy atom. The molecule has 1 aromatic rings. The van der Waals surface area contributed by atoms with E-state index in [4.69, 9.17) is 0 Å². The summed E-state index contributed by atoms with van der Waals surface area (Å²) in [7, 11) is 0. The summed E-state index contributed by atoms with van der Waals surface area (Å²) >= 11 is 1.70. The van der Waals surface area contributed by atoms with E-state index in [-0.39, 0.29) is 18.3 Å². The van der Waals surface area contributed by atoms with Gasteiger partial charge in [0, 0.05) is 16.3 Å². The fourth-order valence-electron chi connectivity index (χ4n) is 2.18. The van der Waals surface area contributed by atoms with Gasteiger partial charge in [0.2, 0.25) is 5.91 Å². The summed E-state index contributed by atoms with van der Waals surface area (Å²) in [6.45, 7) is 5.13. The Kier molecular flexibility index (Phi) is 6.68. The predicted octanol–water partition coefficient (Wildman–Crippen LogP) is 2.14. The molecule has 1 fully saturated rings. The monoisotopic (exact) mass is 288 g/mol. The molecular formula is C13H21ClN2OS. The highest BCUT2D eigenvalue weighted by molar-refractivity contribution is 7.12. The van der Waals surface area contributed by atoms with E-state index in [9.17, 15) is 4.79 Å². The number of hydrogen-bond acceptors (Lipinski definition) is 3. The maximum atomic E-state index is 11.7. The van der Waals surface area contributed by atoms with Crippen molar-refractivity contribution >= 4 is 29.7 Å². The number of amides is 1. The third-order valence-corrected chi connectivity index (χ3v) is 4.17. The molecule has 0 bridgehead atoms. The second-order valence-electron chi connectivity index (χ2n) is 4.69. The molecule has 1 atom stereocenters. The van der Waals surface area contributed by atoms with Crippen LogP contribution in [-0.4, -0.2) is 25.5 Å². The van der Waals surface area contributed by atoms with Crippen LogP contribution in [0.25, 0.3) is 0 Å². The molecule has 2 rings (SSSR count).